The van der Waals surface area contributed by atoms with Crippen LogP contribution in [0.15, 0.2) is 53.6 Å². The lowest BCUT2D eigenvalue weighted by molar-refractivity contribution is -0.142. The molecule has 1 aliphatic heterocycles. The molecule has 0 unspecified atom stereocenters. The molecule has 2 aromatic rings. The molecule has 8 heteroatoms. The number of carbonyl (C=O) groups is 2. The summed E-state index contributed by atoms with van der Waals surface area (Å²) in [7, 11) is 4.55. The Labute approximate surface area is 174 Å². The van der Waals surface area contributed by atoms with Crippen LogP contribution in [0.2, 0.25) is 0 Å². The Kier molecular flexibility index (Phi) is 6.79. The van der Waals surface area contributed by atoms with E-state index in [0.29, 0.717) is 17.9 Å². The number of hydrogen-bond donors (Lipinski definition) is 0. The predicted molar refractivity (Wildman–Crippen MR) is 110 cm³/mol. The number of nitrogens with zero attached hydrogens (tertiary/aromatic N) is 3. The first-order valence-electron chi connectivity index (χ1n) is 9.45. The summed E-state index contributed by atoms with van der Waals surface area (Å²) >= 11 is 0. The number of carbonyl (C=O) groups excluding carboxylic acids is 2. The van der Waals surface area contributed by atoms with Crippen LogP contribution in [0, 0.1) is 5.82 Å². The molecule has 0 radical (unpaired) electrons. The fraction of sp³-hybridized carbons (Fsp3) is 0.318. The Morgan fingerprint density at radius 1 is 1.13 bits per heavy atom. The van der Waals surface area contributed by atoms with E-state index < -0.39 is 0 Å². The lowest BCUT2D eigenvalue weighted by Crippen LogP contribution is -2.40. The van der Waals surface area contributed by atoms with Gasteiger partial charge < -0.3 is 14.4 Å². The summed E-state index contributed by atoms with van der Waals surface area (Å²) in [6.07, 6.45) is 0.472. The third-order valence-electron chi connectivity index (χ3n) is 4.91. The Morgan fingerprint density at radius 2 is 1.80 bits per heavy atom. The molecule has 0 saturated carbocycles. The van der Waals surface area contributed by atoms with Gasteiger partial charge in [-0.3, -0.25) is 9.59 Å². The van der Waals surface area contributed by atoms with Crippen LogP contribution in [0.4, 0.5) is 4.39 Å². The Hall–Kier alpha value is -3.26. The molecule has 0 aromatic heterocycles. The van der Waals surface area contributed by atoms with Gasteiger partial charge in [-0.15, -0.1) is 0 Å². The van der Waals surface area contributed by atoms with Gasteiger partial charge >= 0.3 is 0 Å². The first kappa shape index (κ1) is 21.4. The van der Waals surface area contributed by atoms with Gasteiger partial charge in [0.05, 0.1) is 18.9 Å². The second-order valence-corrected chi connectivity index (χ2v) is 6.97. The number of amides is 2. The minimum atomic E-state index is -0.339. The normalized spacial score (nSPS) is 15.7. The first-order valence-corrected chi connectivity index (χ1v) is 9.45. The van der Waals surface area contributed by atoms with Crippen LogP contribution < -0.4 is 4.74 Å². The van der Waals surface area contributed by atoms with Crippen molar-refractivity contribution in [1.82, 2.24) is 9.91 Å². The highest BCUT2D eigenvalue weighted by Crippen LogP contribution is 2.33. The number of ether oxygens (including phenoxy) is 2. The maximum atomic E-state index is 13.3. The predicted octanol–water partition coefficient (Wildman–Crippen LogP) is 2.62. The van der Waals surface area contributed by atoms with Crippen molar-refractivity contribution in [3.8, 4) is 5.75 Å². The summed E-state index contributed by atoms with van der Waals surface area (Å²) < 4.78 is 23.4. The summed E-state index contributed by atoms with van der Waals surface area (Å²) in [6, 6.07) is 13.1. The van der Waals surface area contributed by atoms with Gasteiger partial charge in [-0.25, -0.2) is 9.40 Å². The molecule has 1 aliphatic rings. The van der Waals surface area contributed by atoms with Gasteiger partial charge in [0.15, 0.2) is 0 Å². The molecule has 2 amide bonds. The van der Waals surface area contributed by atoms with Gasteiger partial charge in [0, 0.05) is 20.6 Å². The van der Waals surface area contributed by atoms with Crippen molar-refractivity contribution < 1.29 is 23.5 Å². The molecular formula is C22H24FN3O4. The Balaban J connectivity index is 1.87. The minimum Gasteiger partial charge on any atom is -0.497 e. The van der Waals surface area contributed by atoms with Crippen LogP contribution in [0.5, 0.6) is 5.75 Å². The minimum absolute atomic E-state index is 0.101. The van der Waals surface area contributed by atoms with Gasteiger partial charge in [0.25, 0.3) is 5.91 Å². The Bertz CT molecular complexity index is 928. The molecular weight excluding hydrogens is 389 g/mol. The number of benzene rings is 2. The lowest BCUT2D eigenvalue weighted by Gasteiger charge is -2.25. The van der Waals surface area contributed by atoms with E-state index in [-0.39, 0.29) is 36.8 Å². The summed E-state index contributed by atoms with van der Waals surface area (Å²) in [5.41, 5.74) is 2.31. The molecule has 1 heterocycles. The molecule has 0 spiro atoms. The van der Waals surface area contributed by atoms with Crippen molar-refractivity contribution in [2.24, 2.45) is 5.10 Å². The van der Waals surface area contributed by atoms with Crippen molar-refractivity contribution in [3.05, 3.63) is 65.5 Å². The smallest absolute Gasteiger partial charge is 0.262 e. The van der Waals surface area contributed by atoms with Crippen LogP contribution in [-0.2, 0) is 14.3 Å². The zero-order chi connectivity index (χ0) is 21.7. The van der Waals surface area contributed by atoms with E-state index in [9.17, 15) is 14.0 Å². The average Bonchev–Trinajstić information content (AvgIpc) is 3.20. The lowest BCUT2D eigenvalue weighted by atomic mass is 9.98. The quantitative estimate of drug-likeness (QED) is 0.700. The number of halogens is 1. The van der Waals surface area contributed by atoms with E-state index in [0.717, 1.165) is 11.1 Å². The van der Waals surface area contributed by atoms with E-state index in [4.69, 9.17) is 9.47 Å². The fourth-order valence-electron chi connectivity index (χ4n) is 3.24. The second kappa shape index (κ2) is 9.49. The zero-order valence-corrected chi connectivity index (χ0v) is 17.2. The molecule has 3 rings (SSSR count). The van der Waals surface area contributed by atoms with Crippen molar-refractivity contribution in [3.63, 3.8) is 0 Å². The van der Waals surface area contributed by atoms with Gasteiger partial charge in [-0.2, -0.15) is 5.10 Å². The summed E-state index contributed by atoms with van der Waals surface area (Å²) in [4.78, 5) is 26.3. The van der Waals surface area contributed by atoms with Crippen LogP contribution in [0.1, 0.15) is 23.6 Å². The van der Waals surface area contributed by atoms with Crippen LogP contribution in [0.25, 0.3) is 0 Å². The van der Waals surface area contributed by atoms with Gasteiger partial charge in [0.1, 0.15) is 24.7 Å². The maximum absolute atomic E-state index is 13.3. The number of rotatable bonds is 7. The molecule has 0 bridgehead atoms. The van der Waals surface area contributed by atoms with Crippen molar-refractivity contribution >= 4 is 17.5 Å². The fourth-order valence-corrected chi connectivity index (χ4v) is 3.24. The van der Waals surface area contributed by atoms with Crippen molar-refractivity contribution in [2.45, 2.75) is 12.5 Å². The highest BCUT2D eigenvalue weighted by Gasteiger charge is 2.33. The monoisotopic (exact) mass is 413 g/mol. The number of hydrogen-bond acceptors (Lipinski definition) is 5. The number of likely N-dealkylation sites (N-methyl/N-ethyl adjacent to an activating group) is 1. The topological polar surface area (TPSA) is 71.4 Å². The zero-order valence-electron chi connectivity index (χ0n) is 17.2. The van der Waals surface area contributed by atoms with E-state index >= 15 is 0 Å². The molecule has 7 nitrogen and oxygen atoms in total. The average molecular weight is 413 g/mol. The van der Waals surface area contributed by atoms with Crippen LogP contribution in [-0.4, -0.2) is 61.9 Å². The largest absolute Gasteiger partial charge is 0.497 e. The van der Waals surface area contributed by atoms with Gasteiger partial charge in [-0.05, 0) is 35.4 Å². The summed E-state index contributed by atoms with van der Waals surface area (Å²) in [5.74, 6) is -0.247. The molecule has 0 aliphatic carbocycles. The maximum Gasteiger partial charge on any atom is 0.262 e. The molecule has 0 fully saturated rings. The standard InChI is InChI=1S/C22H24FN3O4/c1-25(22(28)14-29-2)13-21(27)26-20(16-6-10-18(30-3)11-7-16)12-19(24-26)15-4-8-17(23)9-5-15/h4-11,20H,12-14H2,1-3H3/t20-/m0/s1. The van der Waals surface area contributed by atoms with Crippen molar-refractivity contribution in [1.29, 1.82) is 0 Å². The first-order chi connectivity index (χ1) is 14.4. The van der Waals surface area contributed by atoms with E-state index in [1.54, 1.807) is 26.3 Å². The number of methoxy groups -OCH3 is 2. The van der Waals surface area contributed by atoms with Crippen molar-refractivity contribution in [2.75, 3.05) is 34.4 Å². The van der Waals surface area contributed by atoms with Gasteiger partial charge in [0.2, 0.25) is 5.91 Å². The second-order valence-electron chi connectivity index (χ2n) is 6.97. The summed E-state index contributed by atoms with van der Waals surface area (Å²) in [5, 5.41) is 5.92. The van der Waals surface area contributed by atoms with Crippen LogP contribution in [0.3, 0.4) is 0 Å². The molecule has 1 atom stereocenters. The highest BCUT2D eigenvalue weighted by atomic mass is 19.1. The van der Waals surface area contributed by atoms with Crippen LogP contribution >= 0.6 is 0 Å². The number of hydrazone groups is 1. The molecule has 158 valence electrons. The van der Waals surface area contributed by atoms with E-state index in [1.807, 2.05) is 24.3 Å². The molecule has 0 saturated heterocycles. The molecule has 0 N–H and O–H groups in total. The SMILES string of the molecule is COCC(=O)N(C)CC(=O)N1N=C(c2ccc(F)cc2)C[C@H]1c1ccc(OC)cc1. The Morgan fingerprint density at radius 3 is 2.40 bits per heavy atom. The molecule has 2 aromatic carbocycles. The third-order valence-corrected chi connectivity index (χ3v) is 4.91. The van der Waals surface area contributed by atoms with E-state index in [2.05, 4.69) is 5.10 Å². The summed E-state index contributed by atoms with van der Waals surface area (Å²) in [6.45, 7) is -0.231. The van der Waals surface area contributed by atoms with Gasteiger partial charge in [-0.1, -0.05) is 24.3 Å². The third kappa shape index (κ3) is 4.83. The molecule has 30 heavy (non-hydrogen) atoms. The highest BCUT2D eigenvalue weighted by molar-refractivity contribution is 6.03. The van der Waals surface area contributed by atoms with E-state index in [1.165, 1.54) is 29.2 Å².